The van der Waals surface area contributed by atoms with Crippen LogP contribution in [0.1, 0.15) is 26.2 Å². The third kappa shape index (κ3) is 1.46. The second-order valence-corrected chi connectivity index (χ2v) is 5.07. The van der Waals surface area contributed by atoms with Gasteiger partial charge in [0.2, 0.25) is 0 Å². The van der Waals surface area contributed by atoms with E-state index in [1.807, 2.05) is 0 Å². The molecule has 0 bridgehead atoms. The highest BCUT2D eigenvalue weighted by Gasteiger charge is 2.35. The number of hydrogen-bond acceptors (Lipinski definition) is 2. The average Bonchev–Trinajstić information content (AvgIpc) is 2.34. The van der Waals surface area contributed by atoms with Crippen LogP contribution in [0.15, 0.2) is 4.99 Å². The summed E-state index contributed by atoms with van der Waals surface area (Å²) < 4.78 is 0. The Balaban J connectivity index is 2.01. The van der Waals surface area contributed by atoms with Gasteiger partial charge in [-0.3, -0.25) is 4.99 Å². The average molecular weight is 169 g/mol. The molecule has 0 aliphatic carbocycles. The molecule has 2 aliphatic rings. The maximum absolute atomic E-state index is 4.52. The zero-order valence-electron chi connectivity index (χ0n) is 7.10. The van der Waals surface area contributed by atoms with Crippen LogP contribution in [0.4, 0.5) is 0 Å². The third-order valence-electron chi connectivity index (χ3n) is 2.87. The summed E-state index contributed by atoms with van der Waals surface area (Å²) in [5.74, 6) is 2.73. The van der Waals surface area contributed by atoms with Gasteiger partial charge in [-0.05, 0) is 43.1 Å². The van der Waals surface area contributed by atoms with E-state index >= 15 is 0 Å². The Morgan fingerprint density at radius 2 is 2.09 bits per heavy atom. The summed E-state index contributed by atoms with van der Waals surface area (Å²) in [7, 11) is 0. The normalized spacial score (nSPS) is 29.0. The second-order valence-electron chi connectivity index (χ2n) is 3.84. The maximum atomic E-state index is 4.52. The largest absolute Gasteiger partial charge is 0.294 e. The number of hydrogen-bond donors (Lipinski definition) is 0. The van der Waals surface area contributed by atoms with E-state index in [1.54, 1.807) is 0 Å². The lowest BCUT2D eigenvalue weighted by Gasteiger charge is -2.31. The monoisotopic (exact) mass is 169 g/mol. The van der Waals surface area contributed by atoms with E-state index in [4.69, 9.17) is 0 Å². The van der Waals surface area contributed by atoms with Crippen molar-refractivity contribution in [2.75, 3.05) is 18.1 Å². The molecule has 0 unspecified atom stereocenters. The smallest absolute Gasteiger partial charge is 0.0449 e. The van der Waals surface area contributed by atoms with E-state index in [1.165, 1.54) is 36.5 Å². The summed E-state index contributed by atoms with van der Waals surface area (Å²) in [5, 5.41) is 0. The first-order valence-electron chi connectivity index (χ1n) is 4.38. The molecule has 0 amide bonds. The maximum Gasteiger partial charge on any atom is 0.0449 e. The molecule has 0 aromatic heterocycles. The van der Waals surface area contributed by atoms with Crippen molar-refractivity contribution in [1.82, 2.24) is 0 Å². The molecule has 1 fully saturated rings. The number of rotatable bonds is 0. The highest BCUT2D eigenvalue weighted by Crippen LogP contribution is 2.41. The summed E-state index contributed by atoms with van der Waals surface area (Å²) in [6, 6.07) is 0. The van der Waals surface area contributed by atoms with E-state index in [0.717, 1.165) is 6.54 Å². The lowest BCUT2D eigenvalue weighted by Crippen LogP contribution is -2.27. The molecule has 2 heteroatoms. The Morgan fingerprint density at radius 3 is 2.64 bits per heavy atom. The minimum absolute atomic E-state index is 0.620. The number of aliphatic imine (C=N–C) groups is 1. The Morgan fingerprint density at radius 1 is 1.36 bits per heavy atom. The van der Waals surface area contributed by atoms with E-state index < -0.39 is 0 Å². The van der Waals surface area contributed by atoms with Gasteiger partial charge < -0.3 is 0 Å². The van der Waals surface area contributed by atoms with Crippen molar-refractivity contribution in [2.24, 2.45) is 10.4 Å². The number of nitrogens with zero attached hydrogens (tertiary/aromatic N) is 1. The Bertz CT molecular complexity index is 180. The van der Waals surface area contributed by atoms with Gasteiger partial charge in [-0.15, -0.1) is 0 Å². The van der Waals surface area contributed by atoms with Crippen LogP contribution in [-0.2, 0) is 0 Å². The zero-order valence-corrected chi connectivity index (χ0v) is 7.91. The summed E-state index contributed by atoms with van der Waals surface area (Å²) in [5.41, 5.74) is 2.01. The molecule has 11 heavy (non-hydrogen) atoms. The van der Waals surface area contributed by atoms with Crippen molar-refractivity contribution >= 4 is 17.5 Å². The van der Waals surface area contributed by atoms with Crippen LogP contribution in [0.25, 0.3) is 0 Å². The van der Waals surface area contributed by atoms with E-state index in [9.17, 15) is 0 Å². The predicted molar refractivity (Wildman–Crippen MR) is 51.6 cm³/mol. The Kier molecular flexibility index (Phi) is 1.96. The summed E-state index contributed by atoms with van der Waals surface area (Å²) in [6.07, 6.45) is 4.09. The summed E-state index contributed by atoms with van der Waals surface area (Å²) in [4.78, 5) is 4.52. The van der Waals surface area contributed by atoms with Crippen molar-refractivity contribution in [3.8, 4) is 0 Å². The van der Waals surface area contributed by atoms with Gasteiger partial charge >= 0.3 is 0 Å². The lowest BCUT2D eigenvalue weighted by atomic mass is 9.80. The molecule has 0 N–H and O–H groups in total. The highest BCUT2D eigenvalue weighted by atomic mass is 32.2. The molecular weight excluding hydrogens is 154 g/mol. The molecule has 2 rings (SSSR count). The van der Waals surface area contributed by atoms with Crippen LogP contribution in [-0.4, -0.2) is 23.8 Å². The van der Waals surface area contributed by atoms with Gasteiger partial charge in [0, 0.05) is 12.3 Å². The molecule has 1 saturated heterocycles. The molecule has 0 atom stereocenters. The van der Waals surface area contributed by atoms with Crippen molar-refractivity contribution in [1.29, 1.82) is 0 Å². The molecule has 62 valence electrons. The van der Waals surface area contributed by atoms with Gasteiger partial charge in [0.15, 0.2) is 0 Å². The third-order valence-corrected chi connectivity index (χ3v) is 3.85. The molecule has 0 aromatic rings. The van der Waals surface area contributed by atoms with Crippen molar-refractivity contribution in [3.63, 3.8) is 0 Å². The first-order chi connectivity index (χ1) is 5.31. The van der Waals surface area contributed by atoms with Crippen LogP contribution < -0.4 is 0 Å². The van der Waals surface area contributed by atoms with Gasteiger partial charge in [0.1, 0.15) is 0 Å². The molecule has 0 radical (unpaired) electrons. The SMILES string of the molecule is CC1=NCC2(CCSCC2)C1. The fraction of sp³-hybridized carbons (Fsp3) is 0.889. The summed E-state index contributed by atoms with van der Waals surface area (Å²) in [6.45, 7) is 3.30. The molecular formula is C9H15NS. The summed E-state index contributed by atoms with van der Waals surface area (Å²) >= 11 is 2.11. The van der Waals surface area contributed by atoms with E-state index in [-0.39, 0.29) is 0 Å². The van der Waals surface area contributed by atoms with E-state index in [0.29, 0.717) is 5.41 Å². The topological polar surface area (TPSA) is 12.4 Å². The minimum atomic E-state index is 0.620. The van der Waals surface area contributed by atoms with Gasteiger partial charge in [0.05, 0.1) is 0 Å². The first kappa shape index (κ1) is 7.66. The van der Waals surface area contributed by atoms with Crippen LogP contribution in [0.3, 0.4) is 0 Å². The Labute approximate surface area is 72.7 Å². The lowest BCUT2D eigenvalue weighted by molar-refractivity contribution is 0.303. The van der Waals surface area contributed by atoms with Gasteiger partial charge in [-0.1, -0.05) is 0 Å². The Hall–Kier alpha value is 0.0200. The molecule has 1 spiro atoms. The molecule has 0 saturated carbocycles. The molecule has 0 aromatic carbocycles. The van der Waals surface area contributed by atoms with Crippen molar-refractivity contribution < 1.29 is 0 Å². The van der Waals surface area contributed by atoms with Crippen LogP contribution in [0, 0.1) is 5.41 Å². The van der Waals surface area contributed by atoms with Crippen molar-refractivity contribution in [2.45, 2.75) is 26.2 Å². The van der Waals surface area contributed by atoms with Crippen molar-refractivity contribution in [3.05, 3.63) is 0 Å². The first-order valence-corrected chi connectivity index (χ1v) is 5.54. The standard InChI is InChI=1S/C9H15NS/c1-8-6-9(7-10-8)2-4-11-5-3-9/h2-7H2,1H3. The van der Waals surface area contributed by atoms with Crippen LogP contribution in [0.5, 0.6) is 0 Å². The number of thioether (sulfide) groups is 1. The molecule has 1 nitrogen and oxygen atoms in total. The fourth-order valence-corrected chi connectivity index (χ4v) is 3.46. The molecule has 2 heterocycles. The van der Waals surface area contributed by atoms with Gasteiger partial charge in [-0.2, -0.15) is 11.8 Å². The zero-order chi connectivity index (χ0) is 7.73. The van der Waals surface area contributed by atoms with Gasteiger partial charge in [0.25, 0.3) is 0 Å². The van der Waals surface area contributed by atoms with Crippen LogP contribution in [0.2, 0.25) is 0 Å². The van der Waals surface area contributed by atoms with E-state index in [2.05, 4.69) is 23.7 Å². The second kappa shape index (κ2) is 2.81. The highest BCUT2D eigenvalue weighted by molar-refractivity contribution is 7.99. The quantitative estimate of drug-likeness (QED) is 0.542. The predicted octanol–water partition coefficient (Wildman–Crippen LogP) is 2.36. The minimum Gasteiger partial charge on any atom is -0.294 e. The van der Waals surface area contributed by atoms with Gasteiger partial charge in [-0.25, -0.2) is 0 Å². The fourth-order valence-electron chi connectivity index (χ4n) is 2.10. The van der Waals surface area contributed by atoms with Crippen LogP contribution >= 0.6 is 11.8 Å². The molecule has 2 aliphatic heterocycles.